The van der Waals surface area contributed by atoms with Crippen LogP contribution in [0.15, 0.2) is 0 Å². The maximum Gasteiger partial charge on any atom is 0.305 e. The number of nitrogens with zero attached hydrogens (tertiary/aromatic N) is 2. The molecule has 0 atom stereocenters. The van der Waals surface area contributed by atoms with Gasteiger partial charge in [0, 0.05) is 19.4 Å². The maximum absolute atomic E-state index is 13.4. The summed E-state index contributed by atoms with van der Waals surface area (Å²) < 4.78 is 12.2. The van der Waals surface area contributed by atoms with Gasteiger partial charge in [-0.25, -0.2) is 0 Å². The third-order valence-electron chi connectivity index (χ3n) is 14.4. The molecule has 0 aromatic rings. The normalized spacial score (nSPS) is 16.2. The number of rotatable bonds is 39. The van der Waals surface area contributed by atoms with Crippen molar-refractivity contribution in [1.82, 2.24) is 9.80 Å². The molecule has 348 valence electrons. The van der Waals surface area contributed by atoms with Crippen molar-refractivity contribution in [2.24, 2.45) is 17.3 Å². The number of esters is 2. The first kappa shape index (κ1) is 54.0. The minimum absolute atomic E-state index is 0.0777. The van der Waals surface area contributed by atoms with Gasteiger partial charge >= 0.3 is 11.9 Å². The Morgan fingerprint density at radius 2 is 0.864 bits per heavy atom. The third-order valence-corrected chi connectivity index (χ3v) is 14.4. The fourth-order valence-corrected chi connectivity index (χ4v) is 10.00. The molecule has 0 saturated carbocycles. The fourth-order valence-electron chi connectivity index (χ4n) is 10.00. The van der Waals surface area contributed by atoms with E-state index in [1.807, 2.05) is 0 Å². The summed E-state index contributed by atoms with van der Waals surface area (Å²) in [4.78, 5) is 31.8. The van der Waals surface area contributed by atoms with Crippen LogP contribution in [0.4, 0.5) is 0 Å². The second kappa shape index (κ2) is 36.3. The number of aliphatic hydroxyl groups is 1. The molecule has 59 heavy (non-hydrogen) atoms. The molecule has 0 radical (unpaired) electrons. The lowest BCUT2D eigenvalue weighted by Gasteiger charge is -2.48. The lowest BCUT2D eigenvalue weighted by Crippen LogP contribution is -2.51. The molecule has 2 aliphatic rings. The largest absolute Gasteiger partial charge is 0.464 e. The van der Waals surface area contributed by atoms with Crippen molar-refractivity contribution in [3.63, 3.8) is 0 Å². The fraction of sp³-hybridized carbons (Fsp3) is 0.962. The van der Waals surface area contributed by atoms with E-state index in [2.05, 4.69) is 37.5 Å². The molecule has 0 bridgehead atoms. The van der Waals surface area contributed by atoms with Crippen molar-refractivity contribution in [1.29, 1.82) is 0 Å². The van der Waals surface area contributed by atoms with E-state index in [1.54, 1.807) is 0 Å². The van der Waals surface area contributed by atoms with Crippen LogP contribution in [0, 0.1) is 17.3 Å². The van der Waals surface area contributed by atoms with Crippen LogP contribution < -0.4 is 0 Å². The molecule has 7 heteroatoms. The van der Waals surface area contributed by atoms with Gasteiger partial charge in [0.1, 0.15) is 13.2 Å². The standard InChI is InChI=1S/C52H100N2O5/c1-5-9-13-17-21-27-47(28-22-18-14-10-6-2)31-33-50(56)58-45-49(54-42-37-52(38-43-54)35-40-53(41-36-52)39-25-26-44-55)46-59-51(57)34-32-48(29-23-19-15-11-7-3)30-24-20-16-12-8-4/h47-49,55H,5-46H2,1-4H3. The Hall–Kier alpha value is -1.18. The van der Waals surface area contributed by atoms with Crippen molar-refractivity contribution >= 4 is 11.9 Å². The summed E-state index contributed by atoms with van der Waals surface area (Å²) in [6.45, 7) is 15.4. The molecule has 2 saturated heterocycles. The number of aliphatic hydroxyl groups excluding tert-OH is 1. The molecule has 0 aliphatic carbocycles. The number of carbonyl (C=O) groups excluding carboxylic acids is 2. The van der Waals surface area contributed by atoms with Crippen LogP contribution >= 0.6 is 0 Å². The van der Waals surface area contributed by atoms with Gasteiger partial charge in [0.15, 0.2) is 0 Å². The Labute approximate surface area is 366 Å². The predicted molar refractivity (Wildman–Crippen MR) is 250 cm³/mol. The number of unbranched alkanes of at least 4 members (excludes halogenated alkanes) is 17. The van der Waals surface area contributed by atoms with Gasteiger partial charge in [0.2, 0.25) is 0 Å². The van der Waals surface area contributed by atoms with Crippen molar-refractivity contribution in [2.45, 2.75) is 252 Å². The van der Waals surface area contributed by atoms with Gasteiger partial charge in [0.25, 0.3) is 0 Å². The summed E-state index contributed by atoms with van der Waals surface area (Å²) in [5.74, 6) is 1.06. The molecular weight excluding hydrogens is 733 g/mol. The molecule has 0 aromatic heterocycles. The minimum atomic E-state index is -0.0836. The highest BCUT2D eigenvalue weighted by atomic mass is 16.5. The van der Waals surface area contributed by atoms with E-state index >= 15 is 0 Å². The summed E-state index contributed by atoms with van der Waals surface area (Å²) >= 11 is 0. The van der Waals surface area contributed by atoms with E-state index in [0.29, 0.717) is 43.3 Å². The average Bonchev–Trinajstić information content (AvgIpc) is 3.25. The Morgan fingerprint density at radius 3 is 1.24 bits per heavy atom. The molecule has 1 N–H and O–H groups in total. The number of likely N-dealkylation sites (tertiary alicyclic amines) is 2. The number of hydrogen-bond acceptors (Lipinski definition) is 7. The summed E-state index contributed by atoms with van der Waals surface area (Å²) in [6.07, 6.45) is 40.6. The molecule has 7 nitrogen and oxygen atoms in total. The number of hydrogen-bond donors (Lipinski definition) is 1. The molecule has 0 unspecified atom stereocenters. The first-order valence-electron chi connectivity index (χ1n) is 26.3. The first-order valence-corrected chi connectivity index (χ1v) is 26.3. The Morgan fingerprint density at radius 1 is 0.492 bits per heavy atom. The SMILES string of the molecule is CCCCCCCC(CCCCCCC)CCC(=O)OCC(COC(=O)CCC(CCCCCCC)CCCCCCC)N1CCC2(CCN(CCCCO)CC2)CC1. The molecule has 0 aromatic carbocycles. The molecule has 2 heterocycles. The highest BCUT2D eigenvalue weighted by molar-refractivity contribution is 5.70. The topological polar surface area (TPSA) is 79.3 Å². The van der Waals surface area contributed by atoms with Crippen molar-refractivity contribution in [3.8, 4) is 0 Å². The summed E-state index contributed by atoms with van der Waals surface area (Å²) in [5, 5.41) is 9.22. The number of ether oxygens (including phenoxy) is 2. The Kier molecular flexibility index (Phi) is 33.2. The lowest BCUT2D eigenvalue weighted by atomic mass is 9.71. The van der Waals surface area contributed by atoms with E-state index < -0.39 is 0 Å². The lowest BCUT2D eigenvalue weighted by molar-refractivity contribution is -0.151. The van der Waals surface area contributed by atoms with Gasteiger partial charge in [-0.1, -0.05) is 182 Å². The van der Waals surface area contributed by atoms with Crippen LogP contribution in [-0.2, 0) is 19.1 Å². The van der Waals surface area contributed by atoms with E-state index in [9.17, 15) is 14.7 Å². The summed E-state index contributed by atoms with van der Waals surface area (Å²) in [5.41, 5.74) is 0.395. The van der Waals surface area contributed by atoms with E-state index in [1.165, 1.54) is 167 Å². The van der Waals surface area contributed by atoms with Crippen LogP contribution in [0.1, 0.15) is 246 Å². The second-order valence-corrected chi connectivity index (χ2v) is 19.4. The molecule has 2 fully saturated rings. The van der Waals surface area contributed by atoms with Crippen LogP contribution in [0.3, 0.4) is 0 Å². The Bertz CT molecular complexity index is 894. The zero-order chi connectivity index (χ0) is 42.7. The maximum atomic E-state index is 13.4. The predicted octanol–water partition coefficient (Wildman–Crippen LogP) is 13.6. The van der Waals surface area contributed by atoms with Gasteiger partial charge < -0.3 is 19.5 Å². The minimum Gasteiger partial charge on any atom is -0.464 e. The first-order chi connectivity index (χ1) is 28.9. The van der Waals surface area contributed by atoms with E-state index in [0.717, 1.165) is 71.2 Å². The van der Waals surface area contributed by atoms with Crippen LogP contribution in [-0.4, -0.2) is 85.4 Å². The van der Waals surface area contributed by atoms with Crippen molar-refractivity contribution < 1.29 is 24.2 Å². The molecule has 0 amide bonds. The monoisotopic (exact) mass is 833 g/mol. The molecule has 1 spiro atoms. The third kappa shape index (κ3) is 26.8. The molecule has 2 rings (SSSR count). The van der Waals surface area contributed by atoms with Crippen molar-refractivity contribution in [3.05, 3.63) is 0 Å². The van der Waals surface area contributed by atoms with Gasteiger partial charge in [-0.3, -0.25) is 14.5 Å². The highest BCUT2D eigenvalue weighted by Gasteiger charge is 2.39. The molecular formula is C52H100N2O5. The van der Waals surface area contributed by atoms with Crippen LogP contribution in [0.25, 0.3) is 0 Å². The second-order valence-electron chi connectivity index (χ2n) is 19.4. The van der Waals surface area contributed by atoms with Crippen molar-refractivity contribution in [2.75, 3.05) is 52.5 Å². The summed E-state index contributed by atoms with van der Waals surface area (Å²) in [7, 11) is 0. The number of carbonyl (C=O) groups is 2. The van der Waals surface area contributed by atoms with Gasteiger partial charge in [0.05, 0.1) is 6.04 Å². The van der Waals surface area contributed by atoms with Crippen LogP contribution in [0.2, 0.25) is 0 Å². The van der Waals surface area contributed by atoms with Crippen LogP contribution in [0.5, 0.6) is 0 Å². The van der Waals surface area contributed by atoms with E-state index in [4.69, 9.17) is 9.47 Å². The summed E-state index contributed by atoms with van der Waals surface area (Å²) in [6, 6.07) is -0.0836. The van der Waals surface area contributed by atoms with Gasteiger partial charge in [-0.15, -0.1) is 0 Å². The zero-order valence-electron chi connectivity index (χ0n) is 39.9. The average molecular weight is 833 g/mol. The smallest absolute Gasteiger partial charge is 0.305 e. The Balaban J connectivity index is 1.97. The number of piperidine rings is 2. The van der Waals surface area contributed by atoms with Gasteiger partial charge in [-0.2, -0.15) is 0 Å². The quantitative estimate of drug-likeness (QED) is 0.0488. The van der Waals surface area contributed by atoms with E-state index in [-0.39, 0.29) is 24.6 Å². The molecule has 2 aliphatic heterocycles. The highest BCUT2D eigenvalue weighted by Crippen LogP contribution is 2.41. The van der Waals surface area contributed by atoms with Gasteiger partial charge in [-0.05, 0) is 101 Å². The zero-order valence-corrected chi connectivity index (χ0v) is 39.9.